The Morgan fingerprint density at radius 2 is 1.89 bits per heavy atom. The van der Waals surface area contributed by atoms with Crippen LogP contribution in [0, 0.1) is 6.92 Å². The first-order chi connectivity index (χ1) is 13.6. The Hall–Kier alpha value is -2.18. The number of nitrogens with one attached hydrogen (secondary N) is 2. The number of carbonyl (C=O) groups excluding carboxylic acids is 1. The molecule has 0 radical (unpaired) electrons. The molecule has 2 fully saturated rings. The molecule has 0 saturated carbocycles. The summed E-state index contributed by atoms with van der Waals surface area (Å²) in [7, 11) is 2.20. The lowest BCUT2D eigenvalue weighted by atomic mass is 9.98. The van der Waals surface area contributed by atoms with Crippen molar-refractivity contribution < 1.29 is 4.79 Å². The Balaban J connectivity index is 1.39. The van der Waals surface area contributed by atoms with Crippen LogP contribution in [0.2, 0.25) is 0 Å². The summed E-state index contributed by atoms with van der Waals surface area (Å²) in [5.74, 6) is 0.686. The van der Waals surface area contributed by atoms with E-state index in [1.165, 1.54) is 25.9 Å². The average molecular weight is 382 g/mol. The van der Waals surface area contributed by atoms with Gasteiger partial charge in [-0.1, -0.05) is 30.3 Å². The molecule has 1 atom stereocenters. The summed E-state index contributed by atoms with van der Waals surface area (Å²) in [6.07, 6.45) is 4.65. The SMILES string of the molecule is Cc1[nH]c(-c2ccccc2)nc1C(=O)NC1CCCN(C2CCN(C)CC2)C1. The Bertz CT molecular complexity index is 795. The lowest BCUT2D eigenvalue weighted by molar-refractivity contribution is 0.0763. The van der Waals surface area contributed by atoms with Crippen molar-refractivity contribution in [2.45, 2.75) is 44.7 Å². The number of hydrogen-bond acceptors (Lipinski definition) is 4. The molecular weight excluding hydrogens is 350 g/mol. The lowest BCUT2D eigenvalue weighted by Gasteiger charge is -2.41. The van der Waals surface area contributed by atoms with Gasteiger partial charge in [-0.3, -0.25) is 9.69 Å². The van der Waals surface area contributed by atoms with E-state index in [4.69, 9.17) is 0 Å². The Kier molecular flexibility index (Phi) is 5.78. The van der Waals surface area contributed by atoms with Crippen LogP contribution in [0.1, 0.15) is 41.9 Å². The van der Waals surface area contributed by atoms with E-state index in [0.717, 1.165) is 43.0 Å². The van der Waals surface area contributed by atoms with Crippen molar-refractivity contribution in [1.29, 1.82) is 0 Å². The van der Waals surface area contributed by atoms with Crippen LogP contribution in [-0.4, -0.2) is 71.0 Å². The minimum Gasteiger partial charge on any atom is -0.347 e. The van der Waals surface area contributed by atoms with Crippen LogP contribution in [0.25, 0.3) is 11.4 Å². The number of imidazole rings is 1. The smallest absolute Gasteiger partial charge is 0.272 e. The molecule has 2 aromatic rings. The number of amides is 1. The van der Waals surface area contributed by atoms with E-state index in [-0.39, 0.29) is 11.9 Å². The van der Waals surface area contributed by atoms with Crippen molar-refractivity contribution in [3.63, 3.8) is 0 Å². The molecule has 3 heterocycles. The van der Waals surface area contributed by atoms with Gasteiger partial charge in [0.1, 0.15) is 11.5 Å². The van der Waals surface area contributed by atoms with Gasteiger partial charge in [0.15, 0.2) is 0 Å². The molecule has 1 unspecified atom stereocenters. The minimum atomic E-state index is -0.0637. The predicted molar refractivity (Wildman–Crippen MR) is 111 cm³/mol. The first-order valence-corrected chi connectivity index (χ1v) is 10.5. The van der Waals surface area contributed by atoms with E-state index < -0.39 is 0 Å². The summed E-state index contributed by atoms with van der Waals surface area (Å²) >= 11 is 0. The van der Waals surface area contributed by atoms with Gasteiger partial charge >= 0.3 is 0 Å². The molecule has 150 valence electrons. The summed E-state index contributed by atoms with van der Waals surface area (Å²) < 4.78 is 0. The molecule has 6 heteroatoms. The quantitative estimate of drug-likeness (QED) is 0.855. The van der Waals surface area contributed by atoms with Crippen LogP contribution in [0.15, 0.2) is 30.3 Å². The number of piperidine rings is 2. The normalized spacial score (nSPS) is 22.3. The minimum absolute atomic E-state index is 0.0637. The van der Waals surface area contributed by atoms with E-state index in [1.54, 1.807) is 0 Å². The monoisotopic (exact) mass is 381 g/mol. The maximum atomic E-state index is 12.9. The molecule has 1 amide bonds. The van der Waals surface area contributed by atoms with Gasteiger partial charge in [-0.2, -0.15) is 0 Å². The Labute approximate surface area is 167 Å². The number of carbonyl (C=O) groups is 1. The highest BCUT2D eigenvalue weighted by Gasteiger charge is 2.29. The zero-order valence-electron chi connectivity index (χ0n) is 16.9. The molecule has 2 saturated heterocycles. The first-order valence-electron chi connectivity index (χ1n) is 10.5. The molecule has 2 aliphatic heterocycles. The molecule has 6 nitrogen and oxygen atoms in total. The predicted octanol–water partition coefficient (Wildman–Crippen LogP) is 2.67. The number of H-pyrrole nitrogens is 1. The number of nitrogens with zero attached hydrogens (tertiary/aromatic N) is 3. The van der Waals surface area contributed by atoms with Crippen molar-refractivity contribution in [3.8, 4) is 11.4 Å². The molecule has 1 aromatic heterocycles. The molecule has 0 aliphatic carbocycles. The second kappa shape index (κ2) is 8.45. The lowest BCUT2D eigenvalue weighted by Crippen LogP contribution is -2.53. The van der Waals surface area contributed by atoms with E-state index in [9.17, 15) is 4.79 Å². The van der Waals surface area contributed by atoms with Crippen molar-refractivity contribution in [2.75, 3.05) is 33.2 Å². The number of hydrogen-bond donors (Lipinski definition) is 2. The summed E-state index contributed by atoms with van der Waals surface area (Å²) in [6.45, 7) is 6.37. The molecule has 0 spiro atoms. The maximum Gasteiger partial charge on any atom is 0.272 e. The van der Waals surface area contributed by atoms with Crippen molar-refractivity contribution in [2.24, 2.45) is 0 Å². The summed E-state index contributed by atoms with van der Waals surface area (Å²) in [5.41, 5.74) is 2.32. The summed E-state index contributed by atoms with van der Waals surface area (Å²) in [6, 6.07) is 10.8. The molecule has 2 N–H and O–H groups in total. The maximum absolute atomic E-state index is 12.9. The summed E-state index contributed by atoms with van der Waals surface area (Å²) in [5, 5.41) is 3.25. The zero-order chi connectivity index (χ0) is 19.5. The largest absolute Gasteiger partial charge is 0.347 e. The van der Waals surface area contributed by atoms with Crippen molar-refractivity contribution >= 4 is 5.91 Å². The van der Waals surface area contributed by atoms with Gasteiger partial charge in [0.05, 0.1) is 0 Å². The second-order valence-electron chi connectivity index (χ2n) is 8.27. The number of likely N-dealkylation sites (tertiary alicyclic amines) is 2. The zero-order valence-corrected chi connectivity index (χ0v) is 16.9. The molecular formula is C22H31N5O. The molecule has 28 heavy (non-hydrogen) atoms. The number of rotatable bonds is 4. The average Bonchev–Trinajstić information content (AvgIpc) is 3.11. The van der Waals surface area contributed by atoms with Gasteiger partial charge in [0.2, 0.25) is 0 Å². The fourth-order valence-electron chi connectivity index (χ4n) is 4.48. The number of benzene rings is 1. The highest BCUT2D eigenvalue weighted by atomic mass is 16.2. The third-order valence-electron chi connectivity index (χ3n) is 6.14. The van der Waals surface area contributed by atoms with Crippen LogP contribution in [0.4, 0.5) is 0 Å². The van der Waals surface area contributed by atoms with Gasteiger partial charge in [-0.05, 0) is 59.3 Å². The Morgan fingerprint density at radius 3 is 2.64 bits per heavy atom. The van der Waals surface area contributed by atoms with Gasteiger partial charge < -0.3 is 15.2 Å². The highest BCUT2D eigenvalue weighted by Crippen LogP contribution is 2.21. The number of aryl methyl sites for hydroxylation is 1. The fraction of sp³-hybridized carbons (Fsp3) is 0.545. The topological polar surface area (TPSA) is 64.3 Å². The van der Waals surface area contributed by atoms with Crippen LogP contribution >= 0.6 is 0 Å². The number of aromatic nitrogens is 2. The van der Waals surface area contributed by atoms with Gasteiger partial charge in [-0.15, -0.1) is 0 Å². The highest BCUT2D eigenvalue weighted by molar-refractivity contribution is 5.94. The third-order valence-corrected chi connectivity index (χ3v) is 6.14. The number of aromatic amines is 1. The van der Waals surface area contributed by atoms with E-state index in [2.05, 4.69) is 32.1 Å². The van der Waals surface area contributed by atoms with Crippen LogP contribution in [0.3, 0.4) is 0 Å². The second-order valence-corrected chi connectivity index (χ2v) is 8.27. The van der Waals surface area contributed by atoms with E-state index >= 15 is 0 Å². The van der Waals surface area contributed by atoms with Gasteiger partial charge in [0.25, 0.3) is 5.91 Å². The molecule has 1 aromatic carbocycles. The van der Waals surface area contributed by atoms with Crippen LogP contribution in [-0.2, 0) is 0 Å². The van der Waals surface area contributed by atoms with Gasteiger partial charge in [0, 0.05) is 29.9 Å². The fourth-order valence-corrected chi connectivity index (χ4v) is 4.48. The Morgan fingerprint density at radius 1 is 1.14 bits per heavy atom. The van der Waals surface area contributed by atoms with Crippen LogP contribution in [0.5, 0.6) is 0 Å². The summed E-state index contributed by atoms with van der Waals surface area (Å²) in [4.78, 5) is 25.7. The standard InChI is InChI=1S/C22H31N5O/c1-16-20(25-21(23-16)17-7-4-3-5-8-17)22(28)24-18-9-6-12-27(15-18)19-10-13-26(2)14-11-19/h3-5,7-8,18-19H,6,9-15H2,1-2H3,(H,23,25)(H,24,28). The first kappa shape index (κ1) is 19.2. The molecule has 2 aliphatic rings. The van der Waals surface area contributed by atoms with Crippen molar-refractivity contribution in [1.82, 2.24) is 25.1 Å². The van der Waals surface area contributed by atoms with Crippen LogP contribution < -0.4 is 5.32 Å². The van der Waals surface area contributed by atoms with E-state index in [0.29, 0.717) is 11.7 Å². The van der Waals surface area contributed by atoms with Crippen molar-refractivity contribution in [3.05, 3.63) is 41.7 Å². The third kappa shape index (κ3) is 4.28. The molecule has 0 bridgehead atoms. The van der Waals surface area contributed by atoms with E-state index in [1.807, 2.05) is 37.3 Å². The molecule has 4 rings (SSSR count). The van der Waals surface area contributed by atoms with Gasteiger partial charge in [-0.25, -0.2) is 4.98 Å².